The highest BCUT2D eigenvalue weighted by atomic mass is 32.1. The standard InChI is InChI=1S/C25H27N7OS/c33-25(32-8-3-9-32)15-4-5-17-21(11-15)34-24-22(17)23(26-14-27-24)29-19-10-16-13-28-30-18(16)12-20(19)31-6-1-2-7-31/h10,12-15H,1-9,11H2,(H,28,30)(H,26,27,29). The molecule has 0 radical (unpaired) electrons. The second-order valence-corrected chi connectivity index (χ2v) is 10.8. The number of hydrogen-bond donors (Lipinski definition) is 2. The summed E-state index contributed by atoms with van der Waals surface area (Å²) in [5.41, 5.74) is 4.61. The van der Waals surface area contributed by atoms with Crippen LogP contribution in [0.15, 0.2) is 24.7 Å². The number of carbonyl (C=O) groups is 1. The number of fused-ring (bicyclic) bond motifs is 4. The number of aromatic nitrogens is 4. The number of likely N-dealkylation sites (tertiary alicyclic amines) is 1. The van der Waals surface area contributed by atoms with Crippen molar-refractivity contribution in [2.45, 2.75) is 38.5 Å². The van der Waals surface area contributed by atoms with Crippen molar-refractivity contribution in [1.82, 2.24) is 25.1 Å². The van der Waals surface area contributed by atoms with Crippen LogP contribution in [0, 0.1) is 5.92 Å². The maximum absolute atomic E-state index is 12.8. The van der Waals surface area contributed by atoms with Gasteiger partial charge in [-0.25, -0.2) is 9.97 Å². The Labute approximate surface area is 201 Å². The first-order valence-corrected chi connectivity index (χ1v) is 13.1. The number of rotatable bonds is 4. The van der Waals surface area contributed by atoms with Gasteiger partial charge in [0.1, 0.15) is 17.0 Å². The Morgan fingerprint density at radius 3 is 2.82 bits per heavy atom. The highest BCUT2D eigenvalue weighted by molar-refractivity contribution is 7.19. The van der Waals surface area contributed by atoms with Gasteiger partial charge in [0.05, 0.1) is 28.5 Å². The zero-order valence-corrected chi connectivity index (χ0v) is 19.8. The lowest BCUT2D eigenvalue weighted by molar-refractivity contribution is -0.139. The van der Waals surface area contributed by atoms with Crippen LogP contribution >= 0.6 is 11.3 Å². The maximum Gasteiger partial charge on any atom is 0.226 e. The van der Waals surface area contributed by atoms with Gasteiger partial charge in [-0.2, -0.15) is 5.10 Å². The highest BCUT2D eigenvalue weighted by Crippen LogP contribution is 2.42. The van der Waals surface area contributed by atoms with Crippen LogP contribution in [0.3, 0.4) is 0 Å². The van der Waals surface area contributed by atoms with Crippen LogP contribution < -0.4 is 10.2 Å². The summed E-state index contributed by atoms with van der Waals surface area (Å²) < 4.78 is 0. The molecular formula is C25H27N7OS. The molecule has 5 heterocycles. The fourth-order valence-corrected chi connectivity index (χ4v) is 6.90. The number of hydrogen-bond acceptors (Lipinski definition) is 7. The van der Waals surface area contributed by atoms with Gasteiger partial charge in [-0.15, -0.1) is 11.3 Å². The molecule has 0 spiro atoms. The lowest BCUT2D eigenvalue weighted by Gasteiger charge is -2.35. The third-order valence-corrected chi connectivity index (χ3v) is 8.78. The first-order valence-electron chi connectivity index (χ1n) is 12.3. The lowest BCUT2D eigenvalue weighted by atomic mass is 9.86. The number of amides is 1. The van der Waals surface area contributed by atoms with Crippen LogP contribution in [0.25, 0.3) is 21.1 Å². The van der Waals surface area contributed by atoms with E-state index < -0.39 is 0 Å². The molecule has 1 aromatic carbocycles. The average molecular weight is 474 g/mol. The van der Waals surface area contributed by atoms with Crippen molar-refractivity contribution in [1.29, 1.82) is 0 Å². The topological polar surface area (TPSA) is 90.0 Å². The Kier molecular flexibility index (Phi) is 4.72. The third kappa shape index (κ3) is 3.25. The molecule has 3 aromatic heterocycles. The van der Waals surface area contributed by atoms with Crippen molar-refractivity contribution < 1.29 is 4.79 Å². The van der Waals surface area contributed by atoms with Crippen LogP contribution in [0.2, 0.25) is 0 Å². The largest absolute Gasteiger partial charge is 0.370 e. The van der Waals surface area contributed by atoms with E-state index in [9.17, 15) is 4.79 Å². The molecule has 0 bridgehead atoms. The molecule has 0 saturated carbocycles. The molecule has 4 aromatic rings. The number of aryl methyl sites for hydroxylation is 1. The van der Waals surface area contributed by atoms with Gasteiger partial charge in [-0.1, -0.05) is 0 Å². The normalized spacial score (nSPS) is 20.1. The molecule has 2 N–H and O–H groups in total. The molecule has 7 rings (SSSR count). The number of nitrogens with one attached hydrogen (secondary N) is 2. The lowest BCUT2D eigenvalue weighted by Crippen LogP contribution is -2.46. The second kappa shape index (κ2) is 7.94. The van der Waals surface area contributed by atoms with Gasteiger partial charge < -0.3 is 15.1 Å². The number of nitrogens with zero attached hydrogens (tertiary/aromatic N) is 5. The SMILES string of the molecule is O=C(C1CCc2c(sc3ncnc(Nc4cc5cn[nH]c5cc4N4CCCC4)c23)C1)N1CCC1. The van der Waals surface area contributed by atoms with Gasteiger partial charge in [0, 0.05) is 42.4 Å². The number of benzene rings is 1. The van der Waals surface area contributed by atoms with Gasteiger partial charge in [0.2, 0.25) is 5.91 Å². The van der Waals surface area contributed by atoms with E-state index in [0.29, 0.717) is 5.91 Å². The Morgan fingerprint density at radius 2 is 2.00 bits per heavy atom. The summed E-state index contributed by atoms with van der Waals surface area (Å²) >= 11 is 1.73. The zero-order valence-electron chi connectivity index (χ0n) is 19.0. The minimum atomic E-state index is 0.107. The number of aromatic amines is 1. The van der Waals surface area contributed by atoms with E-state index in [4.69, 9.17) is 4.98 Å². The molecule has 2 aliphatic heterocycles. The summed E-state index contributed by atoms with van der Waals surface area (Å²) in [6, 6.07) is 4.37. The van der Waals surface area contributed by atoms with E-state index in [1.807, 2.05) is 11.1 Å². The Balaban J connectivity index is 1.26. The number of H-pyrrole nitrogens is 1. The van der Waals surface area contributed by atoms with Crippen LogP contribution in [-0.4, -0.2) is 57.2 Å². The molecule has 1 atom stereocenters. The van der Waals surface area contributed by atoms with Crippen molar-refractivity contribution in [3.63, 3.8) is 0 Å². The van der Waals surface area contributed by atoms with E-state index in [-0.39, 0.29) is 5.92 Å². The molecular weight excluding hydrogens is 446 g/mol. The monoisotopic (exact) mass is 473 g/mol. The van der Waals surface area contributed by atoms with E-state index in [2.05, 4.69) is 37.5 Å². The number of thiophene rings is 1. The van der Waals surface area contributed by atoms with Crippen LogP contribution in [0.5, 0.6) is 0 Å². The molecule has 1 unspecified atom stereocenters. The average Bonchev–Trinajstić information content (AvgIpc) is 3.56. The van der Waals surface area contributed by atoms with Crippen LogP contribution in [0.4, 0.5) is 17.2 Å². The summed E-state index contributed by atoms with van der Waals surface area (Å²) in [5.74, 6) is 1.30. The Bertz CT molecular complexity index is 1400. The zero-order chi connectivity index (χ0) is 22.6. The van der Waals surface area contributed by atoms with Gasteiger partial charge in [0.15, 0.2) is 0 Å². The fourth-order valence-electron chi connectivity index (χ4n) is 5.64. The molecule has 9 heteroatoms. The van der Waals surface area contributed by atoms with E-state index in [0.717, 1.165) is 84.5 Å². The predicted octanol–water partition coefficient (Wildman–Crippen LogP) is 4.25. The summed E-state index contributed by atoms with van der Waals surface area (Å²) in [6.07, 6.45) is 9.73. The number of anilines is 3. The third-order valence-electron chi connectivity index (χ3n) is 7.62. The van der Waals surface area contributed by atoms with E-state index in [1.54, 1.807) is 17.7 Å². The number of carbonyl (C=O) groups excluding carboxylic acids is 1. The van der Waals surface area contributed by atoms with Crippen molar-refractivity contribution in [3.05, 3.63) is 35.1 Å². The molecule has 2 saturated heterocycles. The second-order valence-electron chi connectivity index (χ2n) is 9.67. The predicted molar refractivity (Wildman–Crippen MR) is 135 cm³/mol. The quantitative estimate of drug-likeness (QED) is 0.461. The fraction of sp³-hybridized carbons (Fsp3) is 0.440. The smallest absolute Gasteiger partial charge is 0.226 e. The Hall–Kier alpha value is -3.20. The van der Waals surface area contributed by atoms with Gasteiger partial charge in [-0.3, -0.25) is 9.89 Å². The molecule has 1 amide bonds. The Morgan fingerprint density at radius 1 is 1.12 bits per heavy atom. The highest BCUT2D eigenvalue weighted by Gasteiger charge is 2.33. The molecule has 2 fully saturated rings. The molecule has 1 aliphatic carbocycles. The van der Waals surface area contributed by atoms with Gasteiger partial charge >= 0.3 is 0 Å². The minimum absolute atomic E-state index is 0.107. The first kappa shape index (κ1) is 20.2. The maximum atomic E-state index is 12.8. The summed E-state index contributed by atoms with van der Waals surface area (Å²) in [5, 5.41) is 13.2. The summed E-state index contributed by atoms with van der Waals surface area (Å²) in [7, 11) is 0. The van der Waals surface area contributed by atoms with E-state index in [1.165, 1.54) is 29.0 Å². The summed E-state index contributed by atoms with van der Waals surface area (Å²) in [4.78, 5) is 28.9. The minimum Gasteiger partial charge on any atom is -0.370 e. The summed E-state index contributed by atoms with van der Waals surface area (Å²) in [6.45, 7) is 3.98. The van der Waals surface area contributed by atoms with Crippen LogP contribution in [0.1, 0.15) is 36.1 Å². The van der Waals surface area contributed by atoms with E-state index >= 15 is 0 Å². The molecule has 34 heavy (non-hydrogen) atoms. The molecule has 8 nitrogen and oxygen atoms in total. The van der Waals surface area contributed by atoms with Crippen LogP contribution in [-0.2, 0) is 17.6 Å². The van der Waals surface area contributed by atoms with Gasteiger partial charge in [-0.05, 0) is 56.2 Å². The van der Waals surface area contributed by atoms with Crippen molar-refractivity contribution in [2.24, 2.45) is 5.92 Å². The van der Waals surface area contributed by atoms with Gasteiger partial charge in [0.25, 0.3) is 0 Å². The first-order chi connectivity index (χ1) is 16.7. The molecule has 174 valence electrons. The van der Waals surface area contributed by atoms with Crippen molar-refractivity contribution >= 4 is 55.6 Å². The van der Waals surface area contributed by atoms with Crippen molar-refractivity contribution in [3.8, 4) is 0 Å². The van der Waals surface area contributed by atoms with Crippen molar-refractivity contribution in [2.75, 3.05) is 36.4 Å². The molecule has 3 aliphatic rings.